The SMILES string of the molecule is CC(NCCN1CCCC1)C(=O)NC(C)(C)C. The molecular weight excluding hydrogens is 214 g/mol. The van der Waals surface area contributed by atoms with Crippen LogP contribution in [0, 0.1) is 0 Å². The van der Waals surface area contributed by atoms with Gasteiger partial charge in [-0.25, -0.2) is 0 Å². The molecule has 0 spiro atoms. The van der Waals surface area contributed by atoms with E-state index < -0.39 is 0 Å². The standard InChI is InChI=1S/C13H27N3O/c1-11(12(17)15-13(2,3)4)14-7-10-16-8-5-6-9-16/h11,14H,5-10H2,1-4H3,(H,15,17). The minimum atomic E-state index is -0.151. The fourth-order valence-electron chi connectivity index (χ4n) is 2.02. The molecule has 0 radical (unpaired) electrons. The number of nitrogens with one attached hydrogen (secondary N) is 2. The third-order valence-corrected chi connectivity index (χ3v) is 2.97. The molecule has 17 heavy (non-hydrogen) atoms. The lowest BCUT2D eigenvalue weighted by Crippen LogP contribution is -2.50. The highest BCUT2D eigenvalue weighted by Crippen LogP contribution is 2.05. The van der Waals surface area contributed by atoms with Crippen molar-refractivity contribution in [3.8, 4) is 0 Å². The summed E-state index contributed by atoms with van der Waals surface area (Å²) in [7, 11) is 0. The third-order valence-electron chi connectivity index (χ3n) is 2.97. The molecule has 4 heteroatoms. The summed E-state index contributed by atoms with van der Waals surface area (Å²) >= 11 is 0. The number of carbonyl (C=O) groups is 1. The number of carbonyl (C=O) groups excluding carboxylic acids is 1. The van der Waals surface area contributed by atoms with Gasteiger partial charge in [0.2, 0.25) is 5.91 Å². The van der Waals surface area contributed by atoms with E-state index >= 15 is 0 Å². The Balaban J connectivity index is 2.15. The molecule has 100 valence electrons. The number of nitrogens with zero attached hydrogens (tertiary/aromatic N) is 1. The quantitative estimate of drug-likeness (QED) is 0.754. The maximum Gasteiger partial charge on any atom is 0.237 e. The van der Waals surface area contributed by atoms with Gasteiger partial charge in [0, 0.05) is 18.6 Å². The number of rotatable bonds is 5. The zero-order chi connectivity index (χ0) is 12.9. The Morgan fingerprint density at radius 1 is 1.29 bits per heavy atom. The maximum atomic E-state index is 11.8. The van der Waals surface area contributed by atoms with Crippen molar-refractivity contribution in [1.29, 1.82) is 0 Å². The fraction of sp³-hybridized carbons (Fsp3) is 0.923. The van der Waals surface area contributed by atoms with E-state index in [-0.39, 0.29) is 17.5 Å². The van der Waals surface area contributed by atoms with Crippen LogP contribution in [0.3, 0.4) is 0 Å². The predicted molar refractivity (Wildman–Crippen MR) is 71.0 cm³/mol. The largest absolute Gasteiger partial charge is 0.350 e. The minimum absolute atomic E-state index is 0.0823. The number of likely N-dealkylation sites (tertiary alicyclic amines) is 1. The van der Waals surface area contributed by atoms with Crippen LogP contribution in [0.1, 0.15) is 40.5 Å². The number of hydrogen-bond acceptors (Lipinski definition) is 3. The first-order chi connectivity index (χ1) is 7.88. The lowest BCUT2D eigenvalue weighted by molar-refractivity contribution is -0.124. The summed E-state index contributed by atoms with van der Waals surface area (Å²) < 4.78 is 0. The summed E-state index contributed by atoms with van der Waals surface area (Å²) in [5.74, 6) is 0.0823. The Morgan fingerprint density at radius 3 is 2.41 bits per heavy atom. The molecule has 0 aliphatic carbocycles. The highest BCUT2D eigenvalue weighted by atomic mass is 16.2. The van der Waals surface area contributed by atoms with E-state index in [9.17, 15) is 4.79 Å². The summed E-state index contributed by atoms with van der Waals surface area (Å²) in [6.45, 7) is 12.3. The lowest BCUT2D eigenvalue weighted by atomic mass is 10.1. The molecule has 0 aromatic rings. The van der Waals surface area contributed by atoms with Crippen molar-refractivity contribution in [3.63, 3.8) is 0 Å². The molecular formula is C13H27N3O. The van der Waals surface area contributed by atoms with Crippen LogP contribution in [-0.2, 0) is 4.79 Å². The molecule has 4 nitrogen and oxygen atoms in total. The molecule has 1 heterocycles. The molecule has 0 aromatic heterocycles. The van der Waals surface area contributed by atoms with Gasteiger partial charge in [-0.1, -0.05) is 0 Å². The smallest absolute Gasteiger partial charge is 0.237 e. The van der Waals surface area contributed by atoms with Gasteiger partial charge < -0.3 is 15.5 Å². The van der Waals surface area contributed by atoms with E-state index in [1.165, 1.54) is 25.9 Å². The maximum absolute atomic E-state index is 11.8. The summed E-state index contributed by atoms with van der Waals surface area (Å²) in [4.78, 5) is 14.2. The molecule has 1 amide bonds. The first kappa shape index (κ1) is 14.5. The highest BCUT2D eigenvalue weighted by molar-refractivity contribution is 5.81. The van der Waals surface area contributed by atoms with E-state index in [0.717, 1.165) is 13.1 Å². The van der Waals surface area contributed by atoms with Crippen molar-refractivity contribution < 1.29 is 4.79 Å². The lowest BCUT2D eigenvalue weighted by Gasteiger charge is -2.24. The van der Waals surface area contributed by atoms with Crippen LogP contribution in [0.15, 0.2) is 0 Å². The monoisotopic (exact) mass is 241 g/mol. The van der Waals surface area contributed by atoms with Crippen LogP contribution in [0.4, 0.5) is 0 Å². The van der Waals surface area contributed by atoms with Crippen molar-refractivity contribution in [2.75, 3.05) is 26.2 Å². The molecule has 1 aliphatic rings. The van der Waals surface area contributed by atoms with Crippen LogP contribution in [0.2, 0.25) is 0 Å². The van der Waals surface area contributed by atoms with Crippen molar-refractivity contribution in [2.45, 2.75) is 52.1 Å². The van der Waals surface area contributed by atoms with Gasteiger partial charge in [-0.15, -0.1) is 0 Å². The van der Waals surface area contributed by atoms with Gasteiger partial charge >= 0.3 is 0 Å². The topological polar surface area (TPSA) is 44.4 Å². The van der Waals surface area contributed by atoms with Gasteiger partial charge in [-0.05, 0) is 53.6 Å². The van der Waals surface area contributed by atoms with Crippen molar-refractivity contribution in [3.05, 3.63) is 0 Å². The molecule has 1 rings (SSSR count). The number of hydrogen-bond donors (Lipinski definition) is 2. The second-order valence-corrected chi connectivity index (χ2v) is 5.96. The first-order valence-corrected chi connectivity index (χ1v) is 6.66. The van der Waals surface area contributed by atoms with Crippen LogP contribution >= 0.6 is 0 Å². The van der Waals surface area contributed by atoms with Gasteiger partial charge in [0.25, 0.3) is 0 Å². The minimum Gasteiger partial charge on any atom is -0.350 e. The van der Waals surface area contributed by atoms with Gasteiger partial charge in [0.1, 0.15) is 0 Å². The van der Waals surface area contributed by atoms with Gasteiger partial charge in [0.05, 0.1) is 6.04 Å². The first-order valence-electron chi connectivity index (χ1n) is 6.66. The normalized spacial score (nSPS) is 19.3. The molecule has 0 aromatic carbocycles. The Kier molecular flexibility index (Phi) is 5.40. The van der Waals surface area contributed by atoms with Gasteiger partial charge in [-0.2, -0.15) is 0 Å². The van der Waals surface area contributed by atoms with Crippen LogP contribution < -0.4 is 10.6 Å². The Hall–Kier alpha value is -0.610. The molecule has 1 saturated heterocycles. The molecule has 0 saturated carbocycles. The zero-order valence-corrected chi connectivity index (χ0v) is 11.7. The van der Waals surface area contributed by atoms with E-state index in [0.29, 0.717) is 0 Å². The highest BCUT2D eigenvalue weighted by Gasteiger charge is 2.19. The Bertz CT molecular complexity index is 242. The molecule has 0 bridgehead atoms. The van der Waals surface area contributed by atoms with E-state index in [2.05, 4.69) is 15.5 Å². The average Bonchev–Trinajstić information content (AvgIpc) is 2.67. The van der Waals surface area contributed by atoms with Crippen LogP contribution in [0.25, 0.3) is 0 Å². The molecule has 1 atom stereocenters. The van der Waals surface area contributed by atoms with Gasteiger partial charge in [-0.3, -0.25) is 4.79 Å². The van der Waals surface area contributed by atoms with Gasteiger partial charge in [0.15, 0.2) is 0 Å². The molecule has 2 N–H and O–H groups in total. The summed E-state index contributed by atoms with van der Waals surface area (Å²) in [6.07, 6.45) is 2.64. The summed E-state index contributed by atoms with van der Waals surface area (Å²) in [6, 6.07) is -0.114. The van der Waals surface area contributed by atoms with E-state index in [4.69, 9.17) is 0 Å². The molecule has 1 unspecified atom stereocenters. The summed E-state index contributed by atoms with van der Waals surface area (Å²) in [5, 5.41) is 6.26. The molecule has 1 fully saturated rings. The van der Waals surface area contributed by atoms with Crippen LogP contribution in [-0.4, -0.2) is 48.6 Å². The average molecular weight is 241 g/mol. The Labute approximate surface area is 105 Å². The predicted octanol–water partition coefficient (Wildman–Crippen LogP) is 0.975. The second-order valence-electron chi connectivity index (χ2n) is 5.96. The van der Waals surface area contributed by atoms with Crippen LogP contribution in [0.5, 0.6) is 0 Å². The fourth-order valence-corrected chi connectivity index (χ4v) is 2.02. The number of amides is 1. The second kappa shape index (κ2) is 6.36. The van der Waals surface area contributed by atoms with Crippen molar-refractivity contribution >= 4 is 5.91 Å². The summed E-state index contributed by atoms with van der Waals surface area (Å²) in [5.41, 5.74) is -0.151. The molecule has 1 aliphatic heterocycles. The van der Waals surface area contributed by atoms with Crippen molar-refractivity contribution in [2.24, 2.45) is 0 Å². The van der Waals surface area contributed by atoms with E-state index in [1.807, 2.05) is 27.7 Å². The zero-order valence-electron chi connectivity index (χ0n) is 11.7. The van der Waals surface area contributed by atoms with Crippen molar-refractivity contribution in [1.82, 2.24) is 15.5 Å². The van der Waals surface area contributed by atoms with E-state index in [1.54, 1.807) is 0 Å². The Morgan fingerprint density at radius 2 is 1.88 bits per heavy atom. The third kappa shape index (κ3) is 6.03.